The number of allylic oxidation sites excluding steroid dienone is 8. The Balaban J connectivity index is 1.29. The summed E-state index contributed by atoms with van der Waals surface area (Å²) >= 11 is 0. The molecule has 0 radical (unpaired) electrons. The molecule has 2 unspecified atom stereocenters. The molecule has 2 heteroatoms. The molecule has 0 aromatic heterocycles. The van der Waals surface area contributed by atoms with Crippen LogP contribution in [0.3, 0.4) is 0 Å². The first-order valence-electron chi connectivity index (χ1n) is 13.5. The molecule has 0 saturated carbocycles. The van der Waals surface area contributed by atoms with Crippen molar-refractivity contribution in [1.82, 2.24) is 0 Å². The minimum atomic E-state index is 0.362. The van der Waals surface area contributed by atoms with Crippen LogP contribution in [0, 0.1) is 5.92 Å². The highest BCUT2D eigenvalue weighted by molar-refractivity contribution is 5.91. The molecule has 8 rings (SSSR count). The van der Waals surface area contributed by atoms with Gasteiger partial charge in [-0.25, -0.2) is 0 Å². The van der Waals surface area contributed by atoms with E-state index in [-0.39, 0.29) is 0 Å². The zero-order valence-electron chi connectivity index (χ0n) is 21.4. The molecule has 4 aromatic carbocycles. The van der Waals surface area contributed by atoms with E-state index in [1.54, 1.807) is 0 Å². The number of fused-ring (bicyclic) bond motifs is 7. The number of likely N-dealkylation sites (N-methyl/N-ethyl adjacent to an activating group) is 1. The van der Waals surface area contributed by atoms with E-state index in [1.807, 2.05) is 0 Å². The van der Waals surface area contributed by atoms with Crippen molar-refractivity contribution in [2.24, 2.45) is 5.92 Å². The summed E-state index contributed by atoms with van der Waals surface area (Å²) in [6.07, 6.45) is 14.6. The average molecular weight is 489 g/mol. The Labute approximate surface area is 224 Å². The summed E-state index contributed by atoms with van der Waals surface area (Å²) in [5, 5.41) is 0. The molecule has 2 nitrogen and oxygen atoms in total. The highest BCUT2D eigenvalue weighted by atomic mass is 15.2. The Morgan fingerprint density at radius 2 is 1.58 bits per heavy atom. The second kappa shape index (κ2) is 8.22. The second-order valence-corrected chi connectivity index (χ2v) is 10.6. The predicted molar refractivity (Wildman–Crippen MR) is 158 cm³/mol. The molecular weight excluding hydrogens is 460 g/mol. The molecular formula is C36H28N2. The Morgan fingerprint density at radius 3 is 2.50 bits per heavy atom. The number of benzene rings is 4. The molecule has 0 spiro atoms. The summed E-state index contributed by atoms with van der Waals surface area (Å²) in [6.45, 7) is 0. The van der Waals surface area contributed by atoms with Crippen molar-refractivity contribution in [3.05, 3.63) is 155 Å². The third-order valence-corrected chi connectivity index (χ3v) is 8.62. The lowest BCUT2D eigenvalue weighted by Gasteiger charge is -2.34. The first-order valence-corrected chi connectivity index (χ1v) is 13.5. The van der Waals surface area contributed by atoms with Gasteiger partial charge in [0.15, 0.2) is 0 Å². The smallest absolute Gasteiger partial charge is 0.0525 e. The first-order chi connectivity index (χ1) is 18.8. The van der Waals surface area contributed by atoms with Gasteiger partial charge in [0.05, 0.1) is 11.4 Å². The summed E-state index contributed by atoms with van der Waals surface area (Å²) < 4.78 is 0. The highest BCUT2D eigenvalue weighted by Gasteiger charge is 2.40. The summed E-state index contributed by atoms with van der Waals surface area (Å²) in [7, 11) is 2.24. The maximum atomic E-state index is 2.43. The quantitative estimate of drug-likeness (QED) is 0.245. The average Bonchev–Trinajstić information content (AvgIpc) is 3.28. The summed E-state index contributed by atoms with van der Waals surface area (Å²) in [6, 6.07) is 33.5. The van der Waals surface area contributed by atoms with Crippen molar-refractivity contribution in [3.63, 3.8) is 0 Å². The van der Waals surface area contributed by atoms with Crippen molar-refractivity contribution in [2.75, 3.05) is 16.8 Å². The Morgan fingerprint density at radius 1 is 0.737 bits per heavy atom. The number of nitrogens with zero attached hydrogens (tertiary/aromatic N) is 2. The zero-order chi connectivity index (χ0) is 25.2. The zero-order valence-corrected chi connectivity index (χ0v) is 21.4. The molecule has 2 aliphatic carbocycles. The lowest BCUT2D eigenvalue weighted by Crippen LogP contribution is -2.21. The molecule has 2 aliphatic heterocycles. The lowest BCUT2D eigenvalue weighted by atomic mass is 9.75. The minimum absolute atomic E-state index is 0.362. The number of hydrogen-bond acceptors (Lipinski definition) is 2. The molecule has 4 aliphatic rings. The third-order valence-electron chi connectivity index (χ3n) is 8.62. The van der Waals surface area contributed by atoms with Crippen LogP contribution in [0.2, 0.25) is 0 Å². The van der Waals surface area contributed by atoms with E-state index in [4.69, 9.17) is 0 Å². The van der Waals surface area contributed by atoms with Gasteiger partial charge >= 0.3 is 0 Å². The van der Waals surface area contributed by atoms with E-state index >= 15 is 0 Å². The fraction of sp³-hybridized carbons (Fsp3) is 0.111. The molecule has 2 heterocycles. The van der Waals surface area contributed by atoms with Gasteiger partial charge < -0.3 is 9.80 Å². The Kier molecular flexibility index (Phi) is 4.66. The number of anilines is 4. The molecule has 2 atom stereocenters. The van der Waals surface area contributed by atoms with Crippen molar-refractivity contribution < 1.29 is 0 Å². The van der Waals surface area contributed by atoms with Crippen molar-refractivity contribution in [2.45, 2.75) is 12.3 Å². The van der Waals surface area contributed by atoms with E-state index < -0.39 is 0 Å². The number of para-hydroxylation sites is 3. The molecule has 0 amide bonds. The van der Waals surface area contributed by atoms with Gasteiger partial charge in [0.25, 0.3) is 0 Å². The largest absolute Gasteiger partial charge is 0.347 e. The predicted octanol–water partition coefficient (Wildman–Crippen LogP) is 8.83. The maximum absolute atomic E-state index is 2.43. The van der Waals surface area contributed by atoms with E-state index in [2.05, 4.69) is 144 Å². The lowest BCUT2D eigenvalue weighted by molar-refractivity contribution is 0.648. The molecule has 0 N–H and O–H groups in total. The van der Waals surface area contributed by atoms with Crippen LogP contribution >= 0.6 is 0 Å². The summed E-state index contributed by atoms with van der Waals surface area (Å²) in [5.74, 6) is 0.758. The Hall–Kier alpha value is -4.56. The van der Waals surface area contributed by atoms with Crippen LogP contribution in [-0.2, 0) is 6.42 Å². The molecule has 182 valence electrons. The van der Waals surface area contributed by atoms with Gasteiger partial charge in [0, 0.05) is 47.9 Å². The van der Waals surface area contributed by atoms with E-state index in [0.29, 0.717) is 11.8 Å². The van der Waals surface area contributed by atoms with E-state index in [1.165, 1.54) is 61.8 Å². The van der Waals surface area contributed by atoms with Gasteiger partial charge in [-0.15, -0.1) is 0 Å². The standard InChI is InChI=1S/C36H28N2/c1-37-33-21-20-24-10-5-7-14-29(24)35(33)31-16-9-15-30(36(31)37)25-18-19-27-22-26-11-6-8-17-32(26)38(34(27)23-25)28-12-3-2-4-13-28/h2-21,23,29,35H,22H2,1H3. The topological polar surface area (TPSA) is 6.48 Å². The summed E-state index contributed by atoms with van der Waals surface area (Å²) in [4.78, 5) is 4.86. The van der Waals surface area contributed by atoms with E-state index in [0.717, 1.165) is 6.42 Å². The SMILES string of the molecule is CN1C2=CC=C3C=CC=CC3C2c2cccc(-c3ccc4c(c3)N(c3ccccc3)c3ccccc3C4)c21. The molecule has 0 saturated heterocycles. The van der Waals surface area contributed by atoms with E-state index in [9.17, 15) is 0 Å². The van der Waals surface area contributed by atoms with Gasteiger partial charge in [-0.2, -0.15) is 0 Å². The number of hydrogen-bond donors (Lipinski definition) is 0. The molecule has 0 bridgehead atoms. The third kappa shape index (κ3) is 3.07. The first kappa shape index (κ1) is 21.5. The Bertz CT molecular complexity index is 1720. The minimum Gasteiger partial charge on any atom is -0.347 e. The van der Waals surface area contributed by atoms with Crippen LogP contribution < -0.4 is 9.80 Å². The van der Waals surface area contributed by atoms with Gasteiger partial charge in [0.1, 0.15) is 0 Å². The molecule has 4 aromatic rings. The fourth-order valence-electron chi connectivity index (χ4n) is 6.89. The van der Waals surface area contributed by atoms with Crippen molar-refractivity contribution in [3.8, 4) is 11.1 Å². The van der Waals surface area contributed by atoms with Crippen LogP contribution in [0.4, 0.5) is 22.7 Å². The number of rotatable bonds is 2. The van der Waals surface area contributed by atoms with Gasteiger partial charge in [-0.1, -0.05) is 97.1 Å². The highest BCUT2D eigenvalue weighted by Crippen LogP contribution is 2.55. The van der Waals surface area contributed by atoms with Gasteiger partial charge in [-0.05, 0) is 58.2 Å². The molecule has 38 heavy (non-hydrogen) atoms. The van der Waals surface area contributed by atoms with Crippen LogP contribution in [0.5, 0.6) is 0 Å². The summed E-state index contributed by atoms with van der Waals surface area (Å²) in [5.41, 5.74) is 14.6. The van der Waals surface area contributed by atoms with Crippen LogP contribution in [-0.4, -0.2) is 7.05 Å². The van der Waals surface area contributed by atoms with Gasteiger partial charge in [0.2, 0.25) is 0 Å². The van der Waals surface area contributed by atoms with Crippen molar-refractivity contribution >= 4 is 22.7 Å². The fourth-order valence-corrected chi connectivity index (χ4v) is 6.89. The van der Waals surface area contributed by atoms with Crippen LogP contribution in [0.1, 0.15) is 22.6 Å². The maximum Gasteiger partial charge on any atom is 0.0525 e. The second-order valence-electron chi connectivity index (χ2n) is 10.6. The van der Waals surface area contributed by atoms with Crippen LogP contribution in [0.15, 0.2) is 139 Å². The normalized spacial score (nSPS) is 20.1. The van der Waals surface area contributed by atoms with Crippen molar-refractivity contribution in [1.29, 1.82) is 0 Å². The van der Waals surface area contributed by atoms with Gasteiger partial charge in [-0.3, -0.25) is 0 Å². The van der Waals surface area contributed by atoms with Crippen LogP contribution in [0.25, 0.3) is 11.1 Å². The monoisotopic (exact) mass is 488 g/mol. The molecule has 0 fully saturated rings.